The summed E-state index contributed by atoms with van der Waals surface area (Å²) >= 11 is 0. The summed E-state index contributed by atoms with van der Waals surface area (Å²) in [5.74, 6) is -0.112. The van der Waals surface area contributed by atoms with Gasteiger partial charge < -0.3 is 4.90 Å². The first-order valence-electron chi connectivity index (χ1n) is 6.42. The van der Waals surface area contributed by atoms with Crippen LogP contribution in [0.4, 0.5) is 11.4 Å². The van der Waals surface area contributed by atoms with Crippen LogP contribution in [0.3, 0.4) is 0 Å². The van der Waals surface area contributed by atoms with E-state index in [0.29, 0.717) is 5.69 Å². The summed E-state index contributed by atoms with van der Waals surface area (Å²) in [5.41, 5.74) is 1.98. The molecule has 0 aliphatic carbocycles. The Hall–Kier alpha value is -2.69. The molecule has 1 amide bonds. The molecule has 0 heterocycles. The van der Waals surface area contributed by atoms with Gasteiger partial charge >= 0.3 is 0 Å². The minimum atomic E-state index is -0.475. The Morgan fingerprint density at radius 1 is 1.05 bits per heavy atom. The summed E-state index contributed by atoms with van der Waals surface area (Å²) in [6.07, 6.45) is 0. The van der Waals surface area contributed by atoms with Gasteiger partial charge in [0.1, 0.15) is 0 Å². The molecule has 21 heavy (non-hydrogen) atoms. The van der Waals surface area contributed by atoms with Crippen LogP contribution in [0.15, 0.2) is 54.6 Å². The maximum Gasteiger partial charge on any atom is 0.269 e. The van der Waals surface area contributed by atoms with Crippen LogP contribution in [0.5, 0.6) is 0 Å². The zero-order valence-corrected chi connectivity index (χ0v) is 12.3. The topological polar surface area (TPSA) is 63.5 Å². The van der Waals surface area contributed by atoms with Crippen molar-refractivity contribution >= 4 is 17.3 Å². The van der Waals surface area contributed by atoms with Crippen LogP contribution in [0, 0.1) is 17.0 Å². The Morgan fingerprint density at radius 2 is 1.57 bits per heavy atom. The molecular weight excluding hydrogens is 268 g/mol. The van der Waals surface area contributed by atoms with E-state index < -0.39 is 4.92 Å². The number of nitro benzene ring substituents is 1. The zero-order valence-electron chi connectivity index (χ0n) is 12.3. The van der Waals surface area contributed by atoms with E-state index in [9.17, 15) is 14.9 Å². The second-order valence-corrected chi connectivity index (χ2v) is 4.51. The highest BCUT2D eigenvalue weighted by atomic mass is 16.6. The third kappa shape index (κ3) is 5.44. The van der Waals surface area contributed by atoms with Crippen LogP contribution < -0.4 is 4.90 Å². The van der Waals surface area contributed by atoms with E-state index in [0.717, 1.165) is 0 Å². The molecule has 5 nitrogen and oxygen atoms in total. The number of hydrogen-bond acceptors (Lipinski definition) is 3. The molecule has 0 aliphatic heterocycles. The molecule has 0 spiro atoms. The van der Waals surface area contributed by atoms with E-state index in [-0.39, 0.29) is 11.6 Å². The average Bonchev–Trinajstić information content (AvgIpc) is 2.48. The predicted octanol–water partition coefficient (Wildman–Crippen LogP) is 3.57. The molecule has 5 heteroatoms. The summed E-state index contributed by atoms with van der Waals surface area (Å²) in [6, 6.07) is 16.1. The lowest BCUT2D eigenvalue weighted by Gasteiger charge is -2.13. The molecule has 0 fully saturated rings. The van der Waals surface area contributed by atoms with Gasteiger partial charge in [0, 0.05) is 31.8 Å². The van der Waals surface area contributed by atoms with Crippen molar-refractivity contribution in [3.05, 3.63) is 70.3 Å². The lowest BCUT2D eigenvalue weighted by atomic mass is 10.2. The SMILES string of the molecule is CC(=O)N(C)c1ccc([N+](=O)[O-])cc1.Cc1ccccc1. The van der Waals surface area contributed by atoms with Crippen molar-refractivity contribution in [3.8, 4) is 0 Å². The van der Waals surface area contributed by atoms with E-state index >= 15 is 0 Å². The van der Waals surface area contributed by atoms with Crippen molar-refractivity contribution in [2.75, 3.05) is 11.9 Å². The van der Waals surface area contributed by atoms with E-state index in [1.54, 1.807) is 19.2 Å². The molecule has 0 atom stereocenters. The molecule has 110 valence electrons. The molecule has 0 N–H and O–H groups in total. The Morgan fingerprint density at radius 3 is 1.90 bits per heavy atom. The molecule has 0 aromatic heterocycles. The number of nitro groups is 1. The number of carbonyl (C=O) groups is 1. The van der Waals surface area contributed by atoms with Crippen LogP contribution in [-0.4, -0.2) is 17.9 Å². The number of hydrogen-bond donors (Lipinski definition) is 0. The molecule has 2 aromatic rings. The second-order valence-electron chi connectivity index (χ2n) is 4.51. The van der Waals surface area contributed by atoms with Gasteiger partial charge in [-0.1, -0.05) is 35.9 Å². The minimum absolute atomic E-state index is 0.0192. The van der Waals surface area contributed by atoms with Crippen molar-refractivity contribution in [2.24, 2.45) is 0 Å². The Bertz CT molecular complexity index is 595. The number of non-ortho nitro benzene ring substituents is 1. The molecule has 0 aliphatic rings. The Kier molecular flexibility index (Phi) is 6.07. The van der Waals surface area contributed by atoms with Crippen LogP contribution in [-0.2, 0) is 4.79 Å². The predicted molar refractivity (Wildman–Crippen MR) is 83.4 cm³/mol. The zero-order chi connectivity index (χ0) is 15.8. The van der Waals surface area contributed by atoms with Crippen molar-refractivity contribution in [1.82, 2.24) is 0 Å². The fourth-order valence-electron chi connectivity index (χ4n) is 1.51. The standard InChI is InChI=1S/C9H10N2O3.C7H8/c1-7(12)10(2)8-3-5-9(6-4-8)11(13)14;1-7-5-3-2-4-6-7/h3-6H,1-2H3;2-6H,1H3. The van der Waals surface area contributed by atoms with Gasteiger partial charge in [0.05, 0.1) is 4.92 Å². The summed E-state index contributed by atoms with van der Waals surface area (Å²) in [4.78, 5) is 22.2. The molecule has 0 saturated carbocycles. The first kappa shape index (κ1) is 16.4. The van der Waals surface area contributed by atoms with E-state index in [1.807, 2.05) is 18.2 Å². The summed E-state index contributed by atoms with van der Waals surface area (Å²) in [7, 11) is 1.61. The molecule has 2 rings (SSSR count). The average molecular weight is 286 g/mol. The fraction of sp³-hybridized carbons (Fsp3) is 0.188. The van der Waals surface area contributed by atoms with E-state index in [4.69, 9.17) is 0 Å². The van der Waals surface area contributed by atoms with Crippen LogP contribution in [0.25, 0.3) is 0 Å². The summed E-state index contributed by atoms with van der Waals surface area (Å²) in [6.45, 7) is 3.52. The summed E-state index contributed by atoms with van der Waals surface area (Å²) < 4.78 is 0. The normalized spacial score (nSPS) is 9.29. The van der Waals surface area contributed by atoms with E-state index in [1.165, 1.54) is 29.5 Å². The van der Waals surface area contributed by atoms with Crippen molar-refractivity contribution in [2.45, 2.75) is 13.8 Å². The maximum atomic E-state index is 11.0. The lowest BCUT2D eigenvalue weighted by molar-refractivity contribution is -0.384. The highest BCUT2D eigenvalue weighted by Gasteiger charge is 2.08. The van der Waals surface area contributed by atoms with Gasteiger partial charge in [0.25, 0.3) is 5.69 Å². The molecule has 0 bridgehead atoms. The molecule has 0 unspecified atom stereocenters. The number of nitrogens with zero attached hydrogens (tertiary/aromatic N) is 2. The first-order valence-corrected chi connectivity index (χ1v) is 6.42. The monoisotopic (exact) mass is 286 g/mol. The Labute approximate surface area is 124 Å². The van der Waals surface area contributed by atoms with E-state index in [2.05, 4.69) is 19.1 Å². The highest BCUT2D eigenvalue weighted by Crippen LogP contribution is 2.18. The largest absolute Gasteiger partial charge is 0.316 e. The second kappa shape index (κ2) is 7.79. The van der Waals surface area contributed by atoms with Gasteiger partial charge in [0.15, 0.2) is 0 Å². The molecule has 0 radical (unpaired) electrons. The van der Waals surface area contributed by atoms with Crippen LogP contribution in [0.1, 0.15) is 12.5 Å². The molecule has 2 aromatic carbocycles. The fourth-order valence-corrected chi connectivity index (χ4v) is 1.51. The van der Waals surface area contributed by atoms with Crippen molar-refractivity contribution in [3.63, 3.8) is 0 Å². The maximum absolute atomic E-state index is 11.0. The first-order chi connectivity index (χ1) is 9.91. The van der Waals surface area contributed by atoms with Crippen LogP contribution in [0.2, 0.25) is 0 Å². The number of carbonyl (C=O) groups excluding carboxylic acids is 1. The Balaban J connectivity index is 0.000000262. The highest BCUT2D eigenvalue weighted by molar-refractivity contribution is 5.90. The van der Waals surface area contributed by atoms with Gasteiger partial charge in [0.2, 0.25) is 5.91 Å². The van der Waals surface area contributed by atoms with Gasteiger partial charge in [-0.05, 0) is 19.1 Å². The minimum Gasteiger partial charge on any atom is -0.316 e. The number of anilines is 1. The number of rotatable bonds is 2. The third-order valence-corrected chi connectivity index (χ3v) is 2.86. The lowest BCUT2D eigenvalue weighted by Crippen LogP contribution is -2.22. The van der Waals surface area contributed by atoms with Crippen LogP contribution >= 0.6 is 0 Å². The summed E-state index contributed by atoms with van der Waals surface area (Å²) in [5, 5.41) is 10.3. The smallest absolute Gasteiger partial charge is 0.269 e. The number of amides is 1. The third-order valence-electron chi connectivity index (χ3n) is 2.86. The molecular formula is C16H18N2O3. The molecule has 0 saturated heterocycles. The van der Waals surface area contributed by atoms with Gasteiger partial charge in [-0.3, -0.25) is 14.9 Å². The number of benzene rings is 2. The number of aryl methyl sites for hydroxylation is 1. The van der Waals surface area contributed by atoms with Gasteiger partial charge in [-0.25, -0.2) is 0 Å². The van der Waals surface area contributed by atoms with Gasteiger partial charge in [-0.15, -0.1) is 0 Å². The van der Waals surface area contributed by atoms with Gasteiger partial charge in [-0.2, -0.15) is 0 Å². The van der Waals surface area contributed by atoms with Crippen molar-refractivity contribution < 1.29 is 9.72 Å². The quantitative estimate of drug-likeness (QED) is 0.626. The van der Waals surface area contributed by atoms with Crippen molar-refractivity contribution in [1.29, 1.82) is 0 Å².